The van der Waals surface area contributed by atoms with Crippen molar-refractivity contribution in [1.29, 1.82) is 0 Å². The Labute approximate surface area is 201 Å². The van der Waals surface area contributed by atoms with Gasteiger partial charge < -0.3 is 10.7 Å². The number of aromatic nitrogens is 5. The van der Waals surface area contributed by atoms with Crippen LogP contribution in [0.1, 0.15) is 5.56 Å². The normalized spacial score (nSPS) is 12.1. The van der Waals surface area contributed by atoms with E-state index in [1.54, 1.807) is 31.4 Å². The molecule has 0 spiro atoms. The molecule has 10 heteroatoms. The van der Waals surface area contributed by atoms with Gasteiger partial charge in [-0.25, -0.2) is 14.8 Å². The molecular formula is C26H17F3N6O. The highest BCUT2D eigenvalue weighted by molar-refractivity contribution is 6.09. The van der Waals surface area contributed by atoms with Gasteiger partial charge in [-0.15, -0.1) is 0 Å². The molecule has 0 fully saturated rings. The van der Waals surface area contributed by atoms with Crippen LogP contribution >= 0.6 is 0 Å². The summed E-state index contributed by atoms with van der Waals surface area (Å²) >= 11 is 0. The van der Waals surface area contributed by atoms with Crippen LogP contribution in [0.5, 0.6) is 0 Å². The molecule has 6 aromatic rings. The first-order chi connectivity index (χ1) is 17.2. The zero-order chi connectivity index (χ0) is 25.2. The van der Waals surface area contributed by atoms with E-state index in [1.165, 1.54) is 10.8 Å². The van der Waals surface area contributed by atoms with Gasteiger partial charge in [0.2, 0.25) is 0 Å². The molecule has 178 valence electrons. The SMILES string of the molecule is Cn1c(=O)[nH]c2c3cc(-c4cnc(N)c(C(F)(F)F)c4)ccc3nc(-c3ccc4ncccc4c3)c21. The summed E-state index contributed by atoms with van der Waals surface area (Å²) in [4.78, 5) is 28.5. The zero-order valence-corrected chi connectivity index (χ0v) is 18.8. The molecule has 7 nitrogen and oxygen atoms in total. The van der Waals surface area contributed by atoms with E-state index in [0.717, 1.165) is 22.5 Å². The molecule has 2 aromatic carbocycles. The third-order valence-corrected chi connectivity index (χ3v) is 6.26. The Balaban J connectivity index is 1.60. The number of H-pyrrole nitrogens is 1. The summed E-state index contributed by atoms with van der Waals surface area (Å²) < 4.78 is 41.6. The monoisotopic (exact) mass is 486 g/mol. The Kier molecular flexibility index (Phi) is 4.62. The van der Waals surface area contributed by atoms with E-state index in [0.29, 0.717) is 33.2 Å². The average molecular weight is 486 g/mol. The van der Waals surface area contributed by atoms with Crippen LogP contribution in [0, 0.1) is 0 Å². The van der Waals surface area contributed by atoms with Gasteiger partial charge in [-0.3, -0.25) is 9.55 Å². The van der Waals surface area contributed by atoms with Crippen molar-refractivity contribution in [2.75, 3.05) is 5.73 Å². The van der Waals surface area contributed by atoms with Crippen molar-refractivity contribution in [2.45, 2.75) is 6.18 Å². The Morgan fingerprint density at radius 1 is 0.944 bits per heavy atom. The van der Waals surface area contributed by atoms with Crippen molar-refractivity contribution in [2.24, 2.45) is 7.05 Å². The molecule has 36 heavy (non-hydrogen) atoms. The number of hydrogen-bond acceptors (Lipinski definition) is 5. The molecule has 4 heterocycles. The minimum Gasteiger partial charge on any atom is -0.383 e. The molecule has 0 saturated heterocycles. The number of nitrogens with two attached hydrogens (primary N) is 1. The number of nitrogens with one attached hydrogen (secondary N) is 1. The Morgan fingerprint density at radius 2 is 1.72 bits per heavy atom. The van der Waals surface area contributed by atoms with Crippen molar-refractivity contribution in [3.8, 4) is 22.4 Å². The van der Waals surface area contributed by atoms with Crippen LogP contribution in [0.15, 0.2) is 71.8 Å². The molecule has 6 rings (SSSR count). The minimum absolute atomic E-state index is 0.246. The third-order valence-electron chi connectivity index (χ3n) is 6.26. The van der Waals surface area contributed by atoms with E-state index in [-0.39, 0.29) is 11.3 Å². The number of rotatable bonds is 2. The lowest BCUT2D eigenvalue weighted by atomic mass is 10.0. The van der Waals surface area contributed by atoms with Crippen LogP contribution < -0.4 is 11.4 Å². The summed E-state index contributed by atoms with van der Waals surface area (Å²) in [6.07, 6.45) is -1.62. The second-order valence-corrected chi connectivity index (χ2v) is 8.47. The van der Waals surface area contributed by atoms with Crippen molar-refractivity contribution in [1.82, 2.24) is 24.5 Å². The molecule has 0 unspecified atom stereocenters. The summed E-state index contributed by atoms with van der Waals surface area (Å²) in [5.41, 5.74) is 8.79. The van der Waals surface area contributed by atoms with Gasteiger partial charge in [0.15, 0.2) is 0 Å². The molecule has 0 aliphatic heterocycles. The van der Waals surface area contributed by atoms with Gasteiger partial charge in [0.25, 0.3) is 0 Å². The van der Waals surface area contributed by atoms with Gasteiger partial charge in [-0.05, 0) is 42.0 Å². The maximum atomic E-state index is 13.4. The first-order valence-electron chi connectivity index (χ1n) is 10.9. The largest absolute Gasteiger partial charge is 0.419 e. The van der Waals surface area contributed by atoms with Gasteiger partial charge in [0, 0.05) is 41.3 Å². The van der Waals surface area contributed by atoms with Crippen LogP contribution in [-0.4, -0.2) is 24.5 Å². The molecule has 0 atom stereocenters. The van der Waals surface area contributed by atoms with Gasteiger partial charge in [-0.2, -0.15) is 13.2 Å². The number of pyridine rings is 3. The van der Waals surface area contributed by atoms with E-state index < -0.39 is 17.6 Å². The van der Waals surface area contributed by atoms with Gasteiger partial charge in [0.1, 0.15) is 5.82 Å². The van der Waals surface area contributed by atoms with Crippen LogP contribution in [-0.2, 0) is 13.2 Å². The predicted molar refractivity (Wildman–Crippen MR) is 132 cm³/mol. The maximum Gasteiger partial charge on any atom is 0.419 e. The number of hydrogen-bond donors (Lipinski definition) is 2. The summed E-state index contributed by atoms with van der Waals surface area (Å²) in [6, 6.07) is 15.6. The molecule has 0 bridgehead atoms. The zero-order valence-electron chi connectivity index (χ0n) is 18.8. The van der Waals surface area contributed by atoms with Crippen molar-refractivity contribution >= 4 is 38.7 Å². The molecule has 0 aliphatic carbocycles. The van der Waals surface area contributed by atoms with E-state index in [9.17, 15) is 18.0 Å². The Bertz CT molecular complexity index is 1890. The first-order valence-corrected chi connectivity index (χ1v) is 10.9. The summed E-state index contributed by atoms with van der Waals surface area (Å²) in [7, 11) is 1.64. The van der Waals surface area contributed by atoms with Gasteiger partial charge >= 0.3 is 11.9 Å². The van der Waals surface area contributed by atoms with E-state index in [2.05, 4.69) is 15.0 Å². The second kappa shape index (κ2) is 7.64. The Hall–Kier alpha value is -4.73. The number of benzene rings is 2. The average Bonchev–Trinajstić information content (AvgIpc) is 3.17. The number of nitrogen functional groups attached to an aromatic ring is 1. The second-order valence-electron chi connectivity index (χ2n) is 8.47. The van der Waals surface area contributed by atoms with Crippen molar-refractivity contribution in [3.63, 3.8) is 0 Å². The number of halogens is 3. The molecule has 3 N–H and O–H groups in total. The van der Waals surface area contributed by atoms with Crippen LogP contribution in [0.3, 0.4) is 0 Å². The standard InChI is InChI=1S/C26H17F3N6O/c1-35-23-21(15-5-6-19-14(9-15)3-2-8-31-19)33-20-7-4-13(10-17(20)22(23)34-25(35)36)16-11-18(26(27,28)29)24(30)32-12-16/h2-12H,1H3,(H2,30,32)(H,34,36). The number of aromatic amines is 1. The third kappa shape index (κ3) is 3.37. The number of aryl methyl sites for hydroxylation is 1. The van der Waals surface area contributed by atoms with Crippen molar-refractivity contribution < 1.29 is 13.2 Å². The van der Waals surface area contributed by atoms with Gasteiger partial charge in [-0.1, -0.05) is 18.2 Å². The molecular weight excluding hydrogens is 469 g/mol. The number of nitrogens with zero attached hydrogens (tertiary/aromatic N) is 4. The van der Waals surface area contributed by atoms with Crippen LogP contribution in [0.2, 0.25) is 0 Å². The smallest absolute Gasteiger partial charge is 0.383 e. The topological polar surface area (TPSA) is 102 Å². The predicted octanol–water partition coefficient (Wildman–Crippen LogP) is 5.29. The fourth-order valence-electron chi connectivity index (χ4n) is 4.46. The highest BCUT2D eigenvalue weighted by Crippen LogP contribution is 2.37. The number of imidazole rings is 1. The fourth-order valence-corrected chi connectivity index (χ4v) is 4.46. The van der Waals surface area contributed by atoms with E-state index >= 15 is 0 Å². The molecule has 0 amide bonds. The maximum absolute atomic E-state index is 13.4. The first kappa shape index (κ1) is 21.8. The fraction of sp³-hybridized carbons (Fsp3) is 0.0769. The number of anilines is 1. The van der Waals surface area contributed by atoms with Crippen LogP contribution in [0.25, 0.3) is 55.2 Å². The highest BCUT2D eigenvalue weighted by atomic mass is 19.4. The Morgan fingerprint density at radius 3 is 2.53 bits per heavy atom. The quantitative estimate of drug-likeness (QED) is 0.346. The molecule has 0 radical (unpaired) electrons. The molecule has 0 aliphatic rings. The highest BCUT2D eigenvalue weighted by Gasteiger charge is 2.34. The lowest BCUT2D eigenvalue weighted by molar-refractivity contribution is -0.137. The summed E-state index contributed by atoms with van der Waals surface area (Å²) in [5, 5.41) is 1.52. The number of fused-ring (bicyclic) bond motifs is 4. The summed E-state index contributed by atoms with van der Waals surface area (Å²) in [5.74, 6) is -0.585. The van der Waals surface area contributed by atoms with E-state index in [4.69, 9.17) is 10.7 Å². The van der Waals surface area contributed by atoms with Crippen LogP contribution in [0.4, 0.5) is 19.0 Å². The molecule has 4 aromatic heterocycles. The van der Waals surface area contributed by atoms with Gasteiger partial charge in [0.05, 0.1) is 33.3 Å². The lowest BCUT2D eigenvalue weighted by Crippen LogP contribution is -2.12. The van der Waals surface area contributed by atoms with Crippen molar-refractivity contribution in [3.05, 3.63) is 83.0 Å². The number of alkyl halides is 3. The lowest BCUT2D eigenvalue weighted by Gasteiger charge is -2.12. The minimum atomic E-state index is -4.63. The van der Waals surface area contributed by atoms with E-state index in [1.807, 2.05) is 30.3 Å². The molecule has 0 saturated carbocycles. The summed E-state index contributed by atoms with van der Waals surface area (Å²) in [6.45, 7) is 0.